The fraction of sp³-hybridized carbons (Fsp3) is 0.250. The fourth-order valence-electron chi connectivity index (χ4n) is 1.00. The number of nitrogens with two attached hydrogens (primary N) is 1. The van der Waals surface area contributed by atoms with Crippen molar-refractivity contribution in [2.24, 2.45) is 10.9 Å². The molecule has 0 unspecified atom stereocenters. The van der Waals surface area contributed by atoms with Crippen molar-refractivity contribution in [1.29, 1.82) is 0 Å². The van der Waals surface area contributed by atoms with Crippen molar-refractivity contribution in [2.45, 2.75) is 11.2 Å². The molecule has 3 N–H and O–H groups in total. The number of hydrogen-bond acceptors (Lipinski definition) is 4. The number of hydrogen-bond donors (Lipinski definition) is 2. The van der Waals surface area contributed by atoms with Crippen LogP contribution in [0.2, 0.25) is 0 Å². The lowest BCUT2D eigenvalue weighted by atomic mass is 10.2. The maximum absolute atomic E-state index is 12.3. The fourth-order valence-corrected chi connectivity index (χ4v) is 1.58. The Kier molecular flexibility index (Phi) is 3.63. The molecule has 0 aromatic carbocycles. The average Bonchev–Trinajstić information content (AvgIpc) is 2.26. The Bertz CT molecular complexity index is 419. The van der Waals surface area contributed by atoms with E-state index in [-0.39, 0.29) is 16.4 Å². The second-order valence-corrected chi connectivity index (χ2v) is 3.53. The Morgan fingerprint density at radius 2 is 2.12 bits per heavy atom. The van der Waals surface area contributed by atoms with E-state index >= 15 is 0 Å². The molecule has 0 atom stereocenters. The lowest BCUT2D eigenvalue weighted by molar-refractivity contribution is -0.141. The van der Waals surface area contributed by atoms with Gasteiger partial charge in [0, 0.05) is 0 Å². The van der Waals surface area contributed by atoms with Crippen molar-refractivity contribution >= 4 is 17.6 Å². The van der Waals surface area contributed by atoms with Crippen molar-refractivity contribution in [3.05, 3.63) is 23.4 Å². The first-order valence-corrected chi connectivity index (χ1v) is 5.22. The van der Waals surface area contributed by atoms with Crippen LogP contribution in [0.25, 0.3) is 0 Å². The van der Waals surface area contributed by atoms with Crippen LogP contribution in [-0.4, -0.2) is 22.3 Å². The molecule has 0 radical (unpaired) electrons. The minimum absolute atomic E-state index is 0.0603. The van der Waals surface area contributed by atoms with Crippen molar-refractivity contribution < 1.29 is 18.4 Å². The lowest BCUT2D eigenvalue weighted by Crippen LogP contribution is -2.17. The normalized spacial score (nSPS) is 12.9. The highest BCUT2D eigenvalue weighted by molar-refractivity contribution is 7.98. The Morgan fingerprint density at radius 3 is 2.56 bits per heavy atom. The molecular weight excluding hydrogens is 243 g/mol. The molecule has 0 aliphatic rings. The quantitative estimate of drug-likeness (QED) is 0.277. The standard InChI is InChI=1S/C8H8F3N3OS/c1-16-7-4(6(12)14-15)2-3-5(13-7)8(9,10)11/h2-3,15H,1H3,(H2,12,14). The van der Waals surface area contributed by atoms with Gasteiger partial charge in [-0.1, -0.05) is 5.16 Å². The molecule has 0 spiro atoms. The van der Waals surface area contributed by atoms with Crippen LogP contribution in [0.5, 0.6) is 0 Å². The molecule has 0 amide bonds. The highest BCUT2D eigenvalue weighted by atomic mass is 32.2. The summed E-state index contributed by atoms with van der Waals surface area (Å²) in [7, 11) is 0. The third kappa shape index (κ3) is 2.57. The van der Waals surface area contributed by atoms with E-state index in [9.17, 15) is 13.2 Å². The number of amidine groups is 1. The second-order valence-electron chi connectivity index (χ2n) is 2.74. The molecular formula is C8H8F3N3OS. The Balaban J connectivity index is 3.28. The summed E-state index contributed by atoms with van der Waals surface area (Å²) in [4.78, 5) is 3.40. The zero-order valence-electron chi connectivity index (χ0n) is 8.12. The molecule has 16 heavy (non-hydrogen) atoms. The summed E-state index contributed by atoms with van der Waals surface area (Å²) in [6.07, 6.45) is -2.95. The smallest absolute Gasteiger partial charge is 0.409 e. The van der Waals surface area contributed by atoms with Crippen LogP contribution < -0.4 is 5.73 Å². The van der Waals surface area contributed by atoms with Crippen LogP contribution >= 0.6 is 11.8 Å². The van der Waals surface area contributed by atoms with Crippen LogP contribution in [-0.2, 0) is 6.18 Å². The summed E-state index contributed by atoms with van der Waals surface area (Å²) in [5.74, 6) is -0.273. The van der Waals surface area contributed by atoms with E-state index in [2.05, 4.69) is 10.1 Å². The summed E-state index contributed by atoms with van der Waals surface area (Å²) in [5, 5.41) is 11.2. The minimum atomic E-state index is -4.51. The van der Waals surface area contributed by atoms with Gasteiger partial charge >= 0.3 is 6.18 Å². The molecule has 0 aliphatic carbocycles. The van der Waals surface area contributed by atoms with Crippen LogP contribution in [0.4, 0.5) is 13.2 Å². The van der Waals surface area contributed by atoms with Crippen LogP contribution in [0.3, 0.4) is 0 Å². The Hall–Kier alpha value is -1.44. The van der Waals surface area contributed by atoms with Gasteiger partial charge in [-0.15, -0.1) is 11.8 Å². The van der Waals surface area contributed by atoms with Gasteiger partial charge in [0.1, 0.15) is 10.7 Å². The summed E-state index contributed by atoms with van der Waals surface area (Å²) < 4.78 is 37.0. The average molecular weight is 251 g/mol. The van der Waals surface area contributed by atoms with Gasteiger partial charge in [0.15, 0.2) is 5.84 Å². The molecule has 4 nitrogen and oxygen atoms in total. The molecule has 0 aliphatic heterocycles. The molecule has 8 heteroatoms. The number of aromatic nitrogens is 1. The topological polar surface area (TPSA) is 71.5 Å². The minimum Gasteiger partial charge on any atom is -0.409 e. The monoisotopic (exact) mass is 251 g/mol. The van der Waals surface area contributed by atoms with Gasteiger partial charge in [-0.2, -0.15) is 13.2 Å². The number of thioether (sulfide) groups is 1. The first kappa shape index (κ1) is 12.6. The number of rotatable bonds is 2. The zero-order chi connectivity index (χ0) is 12.3. The largest absolute Gasteiger partial charge is 0.433 e. The maximum Gasteiger partial charge on any atom is 0.433 e. The van der Waals surface area contributed by atoms with Gasteiger partial charge in [0.2, 0.25) is 0 Å². The van der Waals surface area contributed by atoms with Crippen molar-refractivity contribution in [3.8, 4) is 0 Å². The second kappa shape index (κ2) is 4.60. The van der Waals surface area contributed by atoms with Crippen molar-refractivity contribution in [3.63, 3.8) is 0 Å². The molecule has 1 rings (SSSR count). The number of halogens is 3. The Morgan fingerprint density at radius 1 is 1.50 bits per heavy atom. The first-order valence-electron chi connectivity index (χ1n) is 4.00. The SMILES string of the molecule is CSc1nc(C(F)(F)F)ccc1C(N)=NO. The zero-order valence-corrected chi connectivity index (χ0v) is 8.93. The Labute approximate surface area is 93.3 Å². The number of alkyl halides is 3. The molecule has 1 heterocycles. The van der Waals surface area contributed by atoms with Gasteiger partial charge in [-0.3, -0.25) is 0 Å². The molecule has 0 bridgehead atoms. The molecule has 1 aromatic rings. The summed E-state index contributed by atoms with van der Waals surface area (Å²) in [6, 6.07) is 1.91. The van der Waals surface area contributed by atoms with Gasteiger partial charge in [-0.25, -0.2) is 4.98 Å². The van der Waals surface area contributed by atoms with Crippen LogP contribution in [0.1, 0.15) is 11.3 Å². The lowest BCUT2D eigenvalue weighted by Gasteiger charge is -2.09. The molecule has 1 aromatic heterocycles. The van der Waals surface area contributed by atoms with E-state index in [1.54, 1.807) is 6.26 Å². The summed E-state index contributed by atoms with van der Waals surface area (Å²) in [5.41, 5.74) is 4.46. The van der Waals surface area contributed by atoms with E-state index < -0.39 is 11.9 Å². The van der Waals surface area contributed by atoms with Gasteiger partial charge in [0.05, 0.1) is 5.56 Å². The highest BCUT2D eigenvalue weighted by Gasteiger charge is 2.33. The van der Waals surface area contributed by atoms with E-state index in [4.69, 9.17) is 10.9 Å². The van der Waals surface area contributed by atoms with E-state index in [0.717, 1.165) is 23.9 Å². The highest BCUT2D eigenvalue weighted by Crippen LogP contribution is 2.30. The third-order valence-electron chi connectivity index (χ3n) is 1.73. The van der Waals surface area contributed by atoms with Crippen molar-refractivity contribution in [2.75, 3.05) is 6.26 Å². The van der Waals surface area contributed by atoms with Gasteiger partial charge in [-0.05, 0) is 18.4 Å². The van der Waals surface area contributed by atoms with Crippen molar-refractivity contribution in [1.82, 2.24) is 4.98 Å². The maximum atomic E-state index is 12.3. The van der Waals surface area contributed by atoms with Gasteiger partial charge < -0.3 is 10.9 Å². The van der Waals surface area contributed by atoms with E-state index in [0.29, 0.717) is 0 Å². The molecule has 88 valence electrons. The van der Waals surface area contributed by atoms with Crippen LogP contribution in [0, 0.1) is 0 Å². The molecule has 0 saturated carbocycles. The van der Waals surface area contributed by atoms with E-state index in [1.165, 1.54) is 0 Å². The number of pyridine rings is 1. The van der Waals surface area contributed by atoms with Gasteiger partial charge in [0.25, 0.3) is 0 Å². The predicted octanol–water partition coefficient (Wildman–Crippen LogP) is 1.92. The predicted molar refractivity (Wildman–Crippen MR) is 53.5 cm³/mol. The molecule has 0 fully saturated rings. The third-order valence-corrected chi connectivity index (χ3v) is 2.43. The summed E-state index contributed by atoms with van der Waals surface area (Å²) in [6.45, 7) is 0. The molecule has 0 saturated heterocycles. The van der Waals surface area contributed by atoms with E-state index in [1.807, 2.05) is 0 Å². The first-order chi connectivity index (χ1) is 7.40. The summed E-state index contributed by atoms with van der Waals surface area (Å²) >= 11 is 0.986. The number of nitrogens with zero attached hydrogens (tertiary/aromatic N) is 2. The number of oxime groups is 1. The van der Waals surface area contributed by atoms with Crippen LogP contribution in [0.15, 0.2) is 22.3 Å².